The van der Waals surface area contributed by atoms with Gasteiger partial charge in [-0.25, -0.2) is 4.98 Å². The Kier molecular flexibility index (Phi) is 4.76. The van der Waals surface area contributed by atoms with Gasteiger partial charge >= 0.3 is 0 Å². The number of aromatic nitrogens is 2. The first-order chi connectivity index (χ1) is 12.3. The van der Waals surface area contributed by atoms with Gasteiger partial charge in [0.25, 0.3) is 0 Å². The van der Waals surface area contributed by atoms with Crippen molar-refractivity contribution in [3.63, 3.8) is 0 Å². The van der Waals surface area contributed by atoms with E-state index in [1.165, 1.54) is 0 Å². The lowest BCUT2D eigenvalue weighted by atomic mass is 10.2. The Bertz CT molecular complexity index is 739. The average Bonchev–Trinajstić information content (AvgIpc) is 2.68. The predicted molar refractivity (Wildman–Crippen MR) is 95.6 cm³/mol. The Balaban J connectivity index is 1.34. The first-order valence-electron chi connectivity index (χ1n) is 8.84. The minimum Gasteiger partial charge on any atom is -0.379 e. The molecule has 0 spiro atoms. The number of fused-ring (bicyclic) bond motifs is 1. The molecule has 0 unspecified atom stereocenters. The van der Waals surface area contributed by atoms with E-state index in [-0.39, 0.29) is 5.91 Å². The van der Waals surface area contributed by atoms with Gasteiger partial charge < -0.3 is 14.5 Å². The molecule has 4 rings (SSSR count). The molecule has 132 valence electrons. The highest BCUT2D eigenvalue weighted by Crippen LogP contribution is 2.17. The Morgan fingerprint density at radius 3 is 2.48 bits per heavy atom. The van der Waals surface area contributed by atoms with E-state index in [2.05, 4.69) is 14.8 Å². The highest BCUT2D eigenvalue weighted by Gasteiger charge is 2.24. The lowest BCUT2D eigenvalue weighted by Gasteiger charge is -2.36. The smallest absolute Gasteiger partial charge is 0.236 e. The summed E-state index contributed by atoms with van der Waals surface area (Å²) in [7, 11) is 0. The second kappa shape index (κ2) is 7.33. The molecule has 1 amide bonds. The Morgan fingerprint density at radius 1 is 1.00 bits per heavy atom. The molecule has 0 saturated carbocycles. The second-order valence-corrected chi connectivity index (χ2v) is 6.47. The summed E-state index contributed by atoms with van der Waals surface area (Å²) in [6.45, 7) is 6.69. The lowest BCUT2D eigenvalue weighted by molar-refractivity contribution is -0.133. The summed E-state index contributed by atoms with van der Waals surface area (Å²) in [5.41, 5.74) is 1.82. The topological polar surface area (TPSA) is 61.8 Å². The number of hydrogen-bond donors (Lipinski definition) is 0. The van der Waals surface area contributed by atoms with Gasteiger partial charge in [-0.15, -0.1) is 0 Å². The summed E-state index contributed by atoms with van der Waals surface area (Å²) in [6.07, 6.45) is 1.83. The van der Waals surface area contributed by atoms with Crippen LogP contribution in [0.3, 0.4) is 0 Å². The van der Waals surface area contributed by atoms with E-state index in [0.717, 1.165) is 69.3 Å². The number of para-hydroxylation sites is 2. The zero-order valence-corrected chi connectivity index (χ0v) is 14.3. The van der Waals surface area contributed by atoms with Crippen molar-refractivity contribution < 1.29 is 9.53 Å². The van der Waals surface area contributed by atoms with Crippen molar-refractivity contribution >= 4 is 22.8 Å². The van der Waals surface area contributed by atoms with Gasteiger partial charge in [0.15, 0.2) is 0 Å². The molecule has 2 aliphatic rings. The molecule has 0 atom stereocenters. The zero-order chi connectivity index (χ0) is 17.1. The molecule has 0 N–H and O–H groups in total. The molecule has 1 aromatic heterocycles. The Hall–Kier alpha value is -2.25. The number of benzene rings is 1. The molecule has 0 radical (unpaired) electrons. The monoisotopic (exact) mass is 341 g/mol. The third-order valence-electron chi connectivity index (χ3n) is 4.85. The third kappa shape index (κ3) is 3.72. The number of nitrogens with zero attached hydrogens (tertiary/aromatic N) is 5. The van der Waals surface area contributed by atoms with Crippen LogP contribution in [-0.2, 0) is 9.53 Å². The Morgan fingerprint density at radius 2 is 1.72 bits per heavy atom. The van der Waals surface area contributed by atoms with Crippen LogP contribution < -0.4 is 4.90 Å². The van der Waals surface area contributed by atoms with Crippen LogP contribution in [0.25, 0.3) is 11.0 Å². The molecule has 3 heterocycles. The van der Waals surface area contributed by atoms with Crippen LogP contribution in [0.2, 0.25) is 0 Å². The average molecular weight is 341 g/mol. The maximum absolute atomic E-state index is 12.5. The number of carbonyl (C=O) groups is 1. The highest BCUT2D eigenvalue weighted by atomic mass is 16.5. The molecule has 7 nitrogen and oxygen atoms in total. The summed E-state index contributed by atoms with van der Waals surface area (Å²) < 4.78 is 5.33. The fourth-order valence-electron chi connectivity index (χ4n) is 3.34. The van der Waals surface area contributed by atoms with Crippen molar-refractivity contribution in [1.82, 2.24) is 19.8 Å². The number of carbonyl (C=O) groups excluding carboxylic acids is 1. The molecule has 1 aromatic carbocycles. The molecule has 2 aliphatic heterocycles. The van der Waals surface area contributed by atoms with Crippen molar-refractivity contribution in [3.05, 3.63) is 30.5 Å². The van der Waals surface area contributed by atoms with Gasteiger partial charge in [-0.05, 0) is 12.1 Å². The quantitative estimate of drug-likeness (QED) is 0.815. The minimum atomic E-state index is 0.214. The van der Waals surface area contributed by atoms with Crippen molar-refractivity contribution in [2.75, 3.05) is 63.9 Å². The molecule has 7 heteroatoms. The summed E-state index contributed by atoms with van der Waals surface area (Å²) in [5.74, 6) is 1.10. The van der Waals surface area contributed by atoms with E-state index < -0.39 is 0 Å². The lowest BCUT2D eigenvalue weighted by Crippen LogP contribution is -2.52. The second-order valence-electron chi connectivity index (χ2n) is 6.47. The molecule has 2 saturated heterocycles. The van der Waals surface area contributed by atoms with Crippen molar-refractivity contribution in [1.29, 1.82) is 0 Å². The number of amides is 1. The first-order valence-corrected chi connectivity index (χ1v) is 8.84. The van der Waals surface area contributed by atoms with Crippen molar-refractivity contribution in [2.45, 2.75) is 0 Å². The fraction of sp³-hybridized carbons (Fsp3) is 0.500. The van der Waals surface area contributed by atoms with Crippen LogP contribution in [0, 0.1) is 0 Å². The Labute approximate surface area is 147 Å². The van der Waals surface area contributed by atoms with Crippen LogP contribution in [0.1, 0.15) is 0 Å². The normalized spacial score (nSPS) is 19.4. The van der Waals surface area contributed by atoms with E-state index in [0.29, 0.717) is 6.54 Å². The first kappa shape index (κ1) is 16.2. The number of hydrogen-bond acceptors (Lipinski definition) is 6. The van der Waals surface area contributed by atoms with Crippen LogP contribution in [-0.4, -0.2) is 84.7 Å². The van der Waals surface area contributed by atoms with Gasteiger partial charge in [-0.2, -0.15) is 0 Å². The number of piperazine rings is 1. The number of ether oxygens (including phenoxy) is 1. The molecular weight excluding hydrogens is 318 g/mol. The summed E-state index contributed by atoms with van der Waals surface area (Å²) in [5, 5.41) is 0. The van der Waals surface area contributed by atoms with Crippen molar-refractivity contribution in [3.8, 4) is 0 Å². The van der Waals surface area contributed by atoms with E-state index in [1.54, 1.807) is 0 Å². The van der Waals surface area contributed by atoms with Crippen LogP contribution in [0.5, 0.6) is 0 Å². The van der Waals surface area contributed by atoms with Crippen LogP contribution in [0.15, 0.2) is 30.5 Å². The van der Waals surface area contributed by atoms with E-state index >= 15 is 0 Å². The summed E-state index contributed by atoms with van der Waals surface area (Å²) >= 11 is 0. The van der Waals surface area contributed by atoms with Gasteiger partial charge in [-0.1, -0.05) is 12.1 Å². The number of rotatable bonds is 3. The van der Waals surface area contributed by atoms with Gasteiger partial charge in [-0.3, -0.25) is 14.7 Å². The maximum atomic E-state index is 12.5. The SMILES string of the molecule is O=C(CN1CCOCC1)N1CCN(c2cnc3ccccc3n2)CC1. The third-order valence-corrected chi connectivity index (χ3v) is 4.85. The highest BCUT2D eigenvalue weighted by molar-refractivity contribution is 5.79. The number of morpholine rings is 1. The minimum absolute atomic E-state index is 0.214. The standard InChI is InChI=1S/C18H23N5O2/c24-18(14-21-9-11-25-12-10-21)23-7-5-22(6-8-23)17-13-19-15-3-1-2-4-16(15)20-17/h1-4,13H,5-12,14H2. The molecular formula is C18H23N5O2. The van der Waals surface area contributed by atoms with Gasteiger partial charge in [0, 0.05) is 39.3 Å². The number of anilines is 1. The molecule has 2 aromatic rings. The van der Waals surface area contributed by atoms with Crippen molar-refractivity contribution in [2.24, 2.45) is 0 Å². The largest absolute Gasteiger partial charge is 0.379 e. The van der Waals surface area contributed by atoms with Gasteiger partial charge in [0.2, 0.25) is 5.91 Å². The van der Waals surface area contributed by atoms with E-state index in [9.17, 15) is 4.79 Å². The van der Waals surface area contributed by atoms with E-state index in [1.807, 2.05) is 35.4 Å². The summed E-state index contributed by atoms with van der Waals surface area (Å²) in [4.78, 5) is 28.0. The molecule has 0 bridgehead atoms. The molecule has 25 heavy (non-hydrogen) atoms. The van der Waals surface area contributed by atoms with Gasteiger partial charge in [0.05, 0.1) is 37.0 Å². The summed E-state index contributed by atoms with van der Waals surface area (Å²) in [6, 6.07) is 7.89. The maximum Gasteiger partial charge on any atom is 0.236 e. The van der Waals surface area contributed by atoms with Crippen LogP contribution in [0.4, 0.5) is 5.82 Å². The molecule has 0 aliphatic carbocycles. The van der Waals surface area contributed by atoms with E-state index in [4.69, 9.17) is 9.72 Å². The van der Waals surface area contributed by atoms with Crippen LogP contribution >= 0.6 is 0 Å². The molecule has 2 fully saturated rings. The fourth-order valence-corrected chi connectivity index (χ4v) is 3.34. The van der Waals surface area contributed by atoms with Gasteiger partial charge in [0.1, 0.15) is 5.82 Å². The zero-order valence-electron chi connectivity index (χ0n) is 14.3. The predicted octanol–water partition coefficient (Wildman–Crippen LogP) is 0.611.